The molecular formula is C15H19NO3. The van der Waals surface area contributed by atoms with Crippen molar-refractivity contribution in [2.45, 2.75) is 13.8 Å². The van der Waals surface area contributed by atoms with Crippen LogP contribution in [0.2, 0.25) is 0 Å². The van der Waals surface area contributed by atoms with Crippen LogP contribution < -0.4 is 10.1 Å². The van der Waals surface area contributed by atoms with Crippen LogP contribution in [-0.4, -0.2) is 31.3 Å². The van der Waals surface area contributed by atoms with Gasteiger partial charge in [0.1, 0.15) is 12.4 Å². The normalized spacial score (nSPS) is 9.74. The standard InChI is InChI=1S/C15H19NO3/c1-11(2)10-16-15(18)13-6-7-14(19-3)12(9-13)5-4-8-17/h6-7,9,11,17H,8,10H2,1-3H3,(H,16,18). The molecule has 19 heavy (non-hydrogen) atoms. The van der Waals surface area contributed by atoms with Gasteiger partial charge in [0, 0.05) is 12.1 Å². The van der Waals surface area contributed by atoms with Crippen molar-refractivity contribution in [3.8, 4) is 17.6 Å². The molecule has 0 aliphatic carbocycles. The first-order valence-corrected chi connectivity index (χ1v) is 6.14. The fraction of sp³-hybridized carbons (Fsp3) is 0.400. The van der Waals surface area contributed by atoms with Crippen LogP contribution in [0.1, 0.15) is 29.8 Å². The fourth-order valence-electron chi connectivity index (χ4n) is 1.48. The third-order valence-corrected chi connectivity index (χ3v) is 2.43. The molecule has 0 unspecified atom stereocenters. The molecule has 102 valence electrons. The van der Waals surface area contributed by atoms with Gasteiger partial charge >= 0.3 is 0 Å². The third-order valence-electron chi connectivity index (χ3n) is 2.43. The predicted octanol–water partition coefficient (Wildman–Crippen LogP) is 1.42. The second kappa shape index (κ2) is 7.45. The lowest BCUT2D eigenvalue weighted by atomic mass is 10.1. The number of nitrogens with one attached hydrogen (secondary N) is 1. The van der Waals surface area contributed by atoms with Gasteiger partial charge in [-0.15, -0.1) is 0 Å². The van der Waals surface area contributed by atoms with Crippen molar-refractivity contribution >= 4 is 5.91 Å². The van der Waals surface area contributed by atoms with Gasteiger partial charge in [-0.1, -0.05) is 25.7 Å². The van der Waals surface area contributed by atoms with Crippen molar-refractivity contribution in [1.82, 2.24) is 5.32 Å². The number of ether oxygens (including phenoxy) is 1. The second-order valence-corrected chi connectivity index (χ2v) is 4.48. The van der Waals surface area contributed by atoms with E-state index in [0.717, 1.165) is 0 Å². The Morgan fingerprint density at radius 3 is 2.79 bits per heavy atom. The zero-order chi connectivity index (χ0) is 14.3. The smallest absolute Gasteiger partial charge is 0.251 e. The highest BCUT2D eigenvalue weighted by Gasteiger charge is 2.09. The van der Waals surface area contributed by atoms with E-state index >= 15 is 0 Å². The van der Waals surface area contributed by atoms with Crippen LogP contribution >= 0.6 is 0 Å². The van der Waals surface area contributed by atoms with E-state index in [-0.39, 0.29) is 12.5 Å². The van der Waals surface area contributed by atoms with Gasteiger partial charge in [-0.2, -0.15) is 0 Å². The van der Waals surface area contributed by atoms with E-state index in [4.69, 9.17) is 9.84 Å². The first kappa shape index (κ1) is 15.1. The number of hydrogen-bond acceptors (Lipinski definition) is 3. The van der Waals surface area contributed by atoms with Crippen molar-refractivity contribution in [1.29, 1.82) is 0 Å². The number of benzene rings is 1. The Morgan fingerprint density at radius 1 is 1.47 bits per heavy atom. The van der Waals surface area contributed by atoms with Crippen molar-refractivity contribution in [3.63, 3.8) is 0 Å². The Labute approximate surface area is 113 Å². The first-order valence-electron chi connectivity index (χ1n) is 6.14. The van der Waals surface area contributed by atoms with Crippen LogP contribution in [0.25, 0.3) is 0 Å². The maximum Gasteiger partial charge on any atom is 0.251 e. The summed E-state index contributed by atoms with van der Waals surface area (Å²) in [5.74, 6) is 6.17. The summed E-state index contributed by atoms with van der Waals surface area (Å²) in [6.07, 6.45) is 0. The summed E-state index contributed by atoms with van der Waals surface area (Å²) in [7, 11) is 1.54. The lowest BCUT2D eigenvalue weighted by Gasteiger charge is -2.09. The zero-order valence-corrected chi connectivity index (χ0v) is 11.5. The molecule has 0 spiro atoms. The highest BCUT2D eigenvalue weighted by Crippen LogP contribution is 2.18. The van der Waals surface area contributed by atoms with Gasteiger partial charge in [0.2, 0.25) is 0 Å². The topological polar surface area (TPSA) is 58.6 Å². The first-order chi connectivity index (χ1) is 9.08. The van der Waals surface area contributed by atoms with E-state index in [1.54, 1.807) is 18.2 Å². The van der Waals surface area contributed by atoms with Gasteiger partial charge in [0.25, 0.3) is 5.91 Å². The van der Waals surface area contributed by atoms with Crippen LogP contribution in [0.15, 0.2) is 18.2 Å². The molecule has 1 aromatic rings. The van der Waals surface area contributed by atoms with Crippen LogP contribution in [0, 0.1) is 17.8 Å². The van der Waals surface area contributed by atoms with Gasteiger partial charge in [-0.3, -0.25) is 4.79 Å². The van der Waals surface area contributed by atoms with Gasteiger partial charge < -0.3 is 15.2 Å². The largest absolute Gasteiger partial charge is 0.495 e. The Bertz CT molecular complexity index is 498. The number of methoxy groups -OCH3 is 1. The maximum atomic E-state index is 11.9. The predicted molar refractivity (Wildman–Crippen MR) is 74.1 cm³/mol. The minimum atomic E-state index is -0.229. The fourth-order valence-corrected chi connectivity index (χ4v) is 1.48. The highest BCUT2D eigenvalue weighted by molar-refractivity contribution is 5.94. The molecule has 1 aromatic carbocycles. The lowest BCUT2D eigenvalue weighted by Crippen LogP contribution is -2.27. The Kier molecular flexibility index (Phi) is 5.91. The summed E-state index contributed by atoms with van der Waals surface area (Å²) >= 11 is 0. The average Bonchev–Trinajstić information content (AvgIpc) is 2.42. The molecule has 0 aliphatic rings. The summed E-state index contributed by atoms with van der Waals surface area (Å²) in [6.45, 7) is 4.47. The van der Waals surface area contributed by atoms with Crippen molar-refractivity contribution in [2.75, 3.05) is 20.3 Å². The number of amides is 1. The van der Waals surface area contributed by atoms with Gasteiger partial charge in [-0.05, 0) is 24.1 Å². The van der Waals surface area contributed by atoms with Gasteiger partial charge in [0.15, 0.2) is 0 Å². The van der Waals surface area contributed by atoms with Crippen LogP contribution in [0.5, 0.6) is 5.75 Å². The van der Waals surface area contributed by atoms with E-state index in [9.17, 15) is 4.79 Å². The molecule has 4 nitrogen and oxygen atoms in total. The minimum Gasteiger partial charge on any atom is -0.495 e. The van der Waals surface area contributed by atoms with Gasteiger partial charge in [0.05, 0.1) is 12.7 Å². The van der Waals surface area contributed by atoms with E-state index in [1.807, 2.05) is 13.8 Å². The molecule has 0 heterocycles. The Hall–Kier alpha value is -1.99. The third kappa shape index (κ3) is 4.65. The monoisotopic (exact) mass is 261 g/mol. The lowest BCUT2D eigenvalue weighted by molar-refractivity contribution is 0.0949. The molecule has 0 radical (unpaired) electrons. The molecule has 0 saturated heterocycles. The van der Waals surface area contributed by atoms with Gasteiger partial charge in [-0.25, -0.2) is 0 Å². The van der Waals surface area contributed by atoms with E-state index < -0.39 is 0 Å². The summed E-state index contributed by atoms with van der Waals surface area (Å²) in [4.78, 5) is 11.9. The Morgan fingerprint density at radius 2 is 2.21 bits per heavy atom. The molecule has 0 saturated carbocycles. The van der Waals surface area contributed by atoms with Crippen LogP contribution in [0.3, 0.4) is 0 Å². The number of aliphatic hydroxyl groups is 1. The minimum absolute atomic E-state index is 0.136. The zero-order valence-electron chi connectivity index (χ0n) is 11.5. The molecule has 0 atom stereocenters. The Balaban J connectivity index is 2.94. The summed E-state index contributed by atoms with van der Waals surface area (Å²) in [6, 6.07) is 5.06. The number of carbonyl (C=O) groups is 1. The van der Waals surface area contributed by atoms with E-state index in [2.05, 4.69) is 17.2 Å². The molecular weight excluding hydrogens is 242 g/mol. The van der Waals surface area contributed by atoms with Crippen molar-refractivity contribution in [2.24, 2.45) is 5.92 Å². The number of carbonyl (C=O) groups excluding carboxylic acids is 1. The second-order valence-electron chi connectivity index (χ2n) is 4.48. The molecule has 0 fully saturated rings. The molecule has 2 N–H and O–H groups in total. The summed E-state index contributed by atoms with van der Waals surface area (Å²) in [5, 5.41) is 11.6. The average molecular weight is 261 g/mol. The summed E-state index contributed by atoms with van der Waals surface area (Å²) in [5.41, 5.74) is 1.12. The molecule has 0 aliphatic heterocycles. The van der Waals surface area contributed by atoms with E-state index in [1.165, 1.54) is 7.11 Å². The van der Waals surface area contributed by atoms with E-state index in [0.29, 0.717) is 29.3 Å². The van der Waals surface area contributed by atoms with Crippen molar-refractivity contribution < 1.29 is 14.6 Å². The molecule has 0 bridgehead atoms. The molecule has 0 aromatic heterocycles. The van der Waals surface area contributed by atoms with Crippen LogP contribution in [-0.2, 0) is 0 Å². The maximum absolute atomic E-state index is 11.9. The molecule has 1 rings (SSSR count). The number of aliphatic hydroxyl groups excluding tert-OH is 1. The highest BCUT2D eigenvalue weighted by atomic mass is 16.5. The SMILES string of the molecule is COc1ccc(C(=O)NCC(C)C)cc1C#CCO. The summed E-state index contributed by atoms with van der Waals surface area (Å²) < 4.78 is 5.16. The molecule has 1 amide bonds. The molecule has 4 heteroatoms. The van der Waals surface area contributed by atoms with Crippen molar-refractivity contribution in [3.05, 3.63) is 29.3 Å². The quantitative estimate of drug-likeness (QED) is 0.806. The number of hydrogen-bond donors (Lipinski definition) is 2. The van der Waals surface area contributed by atoms with Crippen LogP contribution in [0.4, 0.5) is 0 Å². The number of rotatable bonds is 4.